The van der Waals surface area contributed by atoms with Gasteiger partial charge in [-0.3, -0.25) is 19.8 Å². The lowest BCUT2D eigenvalue weighted by molar-refractivity contribution is -0.133. The zero-order valence-corrected chi connectivity index (χ0v) is 22.4. The Morgan fingerprint density at radius 2 is 1.51 bits per heavy atom. The van der Waals surface area contributed by atoms with E-state index in [1.165, 1.54) is 4.68 Å². The van der Waals surface area contributed by atoms with Gasteiger partial charge >= 0.3 is 11.8 Å². The maximum Gasteiger partial charge on any atom is 0.328 e. The Morgan fingerprint density at radius 3 is 2.20 bits per heavy atom. The molecule has 1 aromatic heterocycles. The van der Waals surface area contributed by atoms with E-state index < -0.39 is 17.7 Å². The number of nitrogens with one attached hydrogen (secondary N) is 3. The summed E-state index contributed by atoms with van der Waals surface area (Å²) >= 11 is 6.82. The van der Waals surface area contributed by atoms with Crippen LogP contribution in [0.4, 0.5) is 11.4 Å². The molecule has 7 nitrogen and oxygen atoms in total. The molecule has 0 unspecified atom stereocenters. The summed E-state index contributed by atoms with van der Waals surface area (Å²) in [6, 6.07) is 18.1. The largest absolute Gasteiger partial charge is 0.328 e. The van der Waals surface area contributed by atoms with Crippen molar-refractivity contribution in [2.24, 2.45) is 0 Å². The van der Waals surface area contributed by atoms with Crippen molar-refractivity contribution in [2.45, 2.75) is 20.8 Å². The molecule has 4 rings (SSSR count). The number of nitrogens with zero attached hydrogens (tertiary/aromatic N) is 1. The second-order valence-corrected chi connectivity index (χ2v) is 9.94. The number of rotatable bonds is 4. The molecule has 178 valence electrons. The number of aromatic nitrogens is 1. The predicted molar refractivity (Wildman–Crippen MR) is 145 cm³/mol. The van der Waals surface area contributed by atoms with Gasteiger partial charge in [-0.05, 0) is 89.8 Å². The minimum Gasteiger partial charge on any atom is -0.320 e. The number of benzene rings is 3. The lowest BCUT2D eigenvalue weighted by Gasteiger charge is -2.15. The monoisotopic (exact) mass is 596 g/mol. The number of amides is 3. The van der Waals surface area contributed by atoms with E-state index in [2.05, 4.69) is 47.9 Å². The van der Waals surface area contributed by atoms with Crippen LogP contribution in [-0.2, 0) is 9.59 Å². The SMILES string of the molecule is Cc1ccc(NC(=O)C(=O)Nn2c(C(=O)Nc3c(C)cccc3C)cc3cc(Br)ccc32)c(Br)c1. The molecule has 0 saturated carbocycles. The predicted octanol–water partition coefficient (Wildman–Crippen LogP) is 6.05. The van der Waals surface area contributed by atoms with Crippen molar-refractivity contribution in [1.29, 1.82) is 0 Å². The Morgan fingerprint density at radius 1 is 0.800 bits per heavy atom. The highest BCUT2D eigenvalue weighted by Crippen LogP contribution is 2.26. The normalized spacial score (nSPS) is 10.8. The number of fused-ring (bicyclic) bond motifs is 1. The first-order valence-corrected chi connectivity index (χ1v) is 12.3. The van der Waals surface area contributed by atoms with Crippen LogP contribution >= 0.6 is 31.9 Å². The van der Waals surface area contributed by atoms with Crippen LogP contribution < -0.4 is 16.1 Å². The van der Waals surface area contributed by atoms with Gasteiger partial charge in [0.25, 0.3) is 5.91 Å². The van der Waals surface area contributed by atoms with Crippen LogP contribution in [0.3, 0.4) is 0 Å². The smallest absolute Gasteiger partial charge is 0.320 e. The molecule has 35 heavy (non-hydrogen) atoms. The quantitative estimate of drug-likeness (QED) is 0.250. The number of aryl methyl sites for hydroxylation is 3. The molecule has 0 spiro atoms. The molecular weight excluding hydrogens is 576 g/mol. The summed E-state index contributed by atoms with van der Waals surface area (Å²) < 4.78 is 2.80. The Labute approximate surface area is 219 Å². The van der Waals surface area contributed by atoms with Gasteiger partial charge in [0.15, 0.2) is 0 Å². The number of hydrogen-bond donors (Lipinski definition) is 3. The molecule has 0 bridgehead atoms. The topological polar surface area (TPSA) is 92.2 Å². The highest BCUT2D eigenvalue weighted by atomic mass is 79.9. The fourth-order valence-electron chi connectivity index (χ4n) is 3.72. The van der Waals surface area contributed by atoms with Crippen LogP contribution in [0.25, 0.3) is 10.9 Å². The van der Waals surface area contributed by atoms with Crippen LogP contribution in [-0.4, -0.2) is 22.4 Å². The van der Waals surface area contributed by atoms with E-state index in [9.17, 15) is 14.4 Å². The lowest BCUT2D eigenvalue weighted by atomic mass is 10.1. The van der Waals surface area contributed by atoms with Crippen molar-refractivity contribution in [2.75, 3.05) is 16.1 Å². The first-order chi connectivity index (χ1) is 16.6. The summed E-state index contributed by atoms with van der Waals surface area (Å²) in [7, 11) is 0. The number of para-hydroxylation sites is 1. The summed E-state index contributed by atoms with van der Waals surface area (Å²) in [5, 5.41) is 6.24. The van der Waals surface area contributed by atoms with Crippen LogP contribution in [0.2, 0.25) is 0 Å². The highest BCUT2D eigenvalue weighted by molar-refractivity contribution is 9.10. The summed E-state index contributed by atoms with van der Waals surface area (Å²) in [6.45, 7) is 5.73. The zero-order valence-electron chi connectivity index (χ0n) is 19.2. The minimum atomic E-state index is -0.918. The maximum absolute atomic E-state index is 13.3. The van der Waals surface area contributed by atoms with E-state index in [1.54, 1.807) is 24.3 Å². The second kappa shape index (κ2) is 10.1. The van der Waals surface area contributed by atoms with Gasteiger partial charge < -0.3 is 10.6 Å². The second-order valence-electron chi connectivity index (χ2n) is 8.17. The van der Waals surface area contributed by atoms with Gasteiger partial charge in [-0.25, -0.2) is 4.68 Å². The average Bonchev–Trinajstić information content (AvgIpc) is 3.15. The summed E-state index contributed by atoms with van der Waals surface area (Å²) in [5.74, 6) is -2.20. The molecule has 0 atom stereocenters. The number of anilines is 2. The van der Waals surface area contributed by atoms with Crippen LogP contribution in [0.5, 0.6) is 0 Å². The van der Waals surface area contributed by atoms with E-state index in [1.807, 2.05) is 57.2 Å². The van der Waals surface area contributed by atoms with Gasteiger partial charge in [0.1, 0.15) is 5.69 Å². The van der Waals surface area contributed by atoms with E-state index in [0.29, 0.717) is 26.8 Å². The third-order valence-corrected chi connectivity index (χ3v) is 6.66. The third kappa shape index (κ3) is 5.31. The molecule has 1 heterocycles. The van der Waals surface area contributed by atoms with E-state index in [4.69, 9.17) is 0 Å². The molecule has 3 amide bonds. The number of halogens is 2. The minimum absolute atomic E-state index is 0.179. The molecule has 0 fully saturated rings. The van der Waals surface area contributed by atoms with Gasteiger partial charge in [-0.2, -0.15) is 0 Å². The van der Waals surface area contributed by atoms with Crippen LogP contribution in [0, 0.1) is 20.8 Å². The fourth-order valence-corrected chi connectivity index (χ4v) is 4.69. The first kappa shape index (κ1) is 24.7. The molecule has 3 N–H and O–H groups in total. The maximum atomic E-state index is 13.3. The van der Waals surface area contributed by atoms with Gasteiger partial charge in [0.2, 0.25) is 0 Å². The molecule has 0 aliphatic carbocycles. The third-order valence-electron chi connectivity index (χ3n) is 5.51. The molecule has 0 aliphatic rings. The van der Waals surface area contributed by atoms with Crippen molar-refractivity contribution in [3.05, 3.63) is 92.0 Å². The highest BCUT2D eigenvalue weighted by Gasteiger charge is 2.22. The molecule has 4 aromatic rings. The lowest BCUT2D eigenvalue weighted by Crippen LogP contribution is -2.36. The Kier molecular flexibility index (Phi) is 7.09. The molecule has 0 radical (unpaired) electrons. The van der Waals surface area contributed by atoms with Gasteiger partial charge in [0.05, 0.1) is 11.2 Å². The van der Waals surface area contributed by atoms with Crippen molar-refractivity contribution >= 4 is 71.9 Å². The number of carbonyl (C=O) groups is 3. The molecule has 3 aromatic carbocycles. The summed E-state index contributed by atoms with van der Waals surface area (Å²) in [6.07, 6.45) is 0. The van der Waals surface area contributed by atoms with Crippen molar-refractivity contribution in [3.8, 4) is 0 Å². The Bertz CT molecular complexity index is 1470. The number of hydrogen-bond acceptors (Lipinski definition) is 3. The number of carbonyl (C=O) groups excluding carboxylic acids is 3. The van der Waals surface area contributed by atoms with Crippen molar-refractivity contribution in [3.63, 3.8) is 0 Å². The van der Waals surface area contributed by atoms with Gasteiger partial charge in [0, 0.05) is 20.0 Å². The fraction of sp³-hybridized carbons (Fsp3) is 0.115. The van der Waals surface area contributed by atoms with E-state index in [0.717, 1.165) is 21.2 Å². The molecular formula is C26H22Br2N4O3. The summed E-state index contributed by atoms with van der Waals surface area (Å²) in [4.78, 5) is 38.8. The molecule has 9 heteroatoms. The zero-order chi connectivity index (χ0) is 25.3. The van der Waals surface area contributed by atoms with Gasteiger partial charge in [-0.1, -0.05) is 40.2 Å². The van der Waals surface area contributed by atoms with E-state index in [-0.39, 0.29) is 5.69 Å². The molecule has 0 saturated heterocycles. The van der Waals surface area contributed by atoms with Crippen LogP contribution in [0.1, 0.15) is 27.2 Å². The van der Waals surface area contributed by atoms with Crippen LogP contribution in [0.15, 0.2) is 69.6 Å². The van der Waals surface area contributed by atoms with Gasteiger partial charge in [-0.15, -0.1) is 0 Å². The standard InChI is InChI=1S/C26H22Br2N4O3/c1-14-7-9-20(19(28)11-14)29-25(34)26(35)31-32-21-10-8-18(27)12-17(21)13-22(32)24(33)30-23-15(2)5-4-6-16(23)3/h4-13H,1-3H3,(H,29,34)(H,30,33)(H,31,35). The molecule has 0 aliphatic heterocycles. The first-order valence-electron chi connectivity index (χ1n) is 10.7. The Balaban J connectivity index is 1.65. The van der Waals surface area contributed by atoms with Crippen molar-refractivity contribution in [1.82, 2.24) is 4.68 Å². The van der Waals surface area contributed by atoms with E-state index >= 15 is 0 Å². The Hall–Kier alpha value is -3.43. The summed E-state index contributed by atoms with van der Waals surface area (Å²) in [5.41, 5.74) is 7.31. The van der Waals surface area contributed by atoms with Crippen molar-refractivity contribution < 1.29 is 14.4 Å². The average molecular weight is 598 g/mol.